The molecule has 0 aliphatic heterocycles. The van der Waals surface area contributed by atoms with Gasteiger partial charge in [-0.05, 0) is 17.5 Å². The first-order valence-corrected chi connectivity index (χ1v) is 4.12. The van der Waals surface area contributed by atoms with Gasteiger partial charge in [0, 0.05) is 12.6 Å². The van der Waals surface area contributed by atoms with Crippen LogP contribution in [-0.2, 0) is 6.54 Å². The fourth-order valence-electron chi connectivity index (χ4n) is 1.22. The van der Waals surface area contributed by atoms with Crippen LogP contribution in [0.5, 0.6) is 0 Å². The van der Waals surface area contributed by atoms with Crippen LogP contribution in [0, 0.1) is 6.42 Å². The van der Waals surface area contributed by atoms with Crippen LogP contribution in [0.3, 0.4) is 0 Å². The van der Waals surface area contributed by atoms with E-state index in [-0.39, 0.29) is 6.04 Å². The van der Waals surface area contributed by atoms with Crippen molar-refractivity contribution in [1.82, 2.24) is 0 Å². The van der Waals surface area contributed by atoms with E-state index in [9.17, 15) is 0 Å². The number of hydrogen-bond acceptors (Lipinski definition) is 2. The molecule has 1 atom stereocenters. The van der Waals surface area contributed by atoms with Crippen molar-refractivity contribution in [1.29, 1.82) is 0 Å². The Hall–Kier alpha value is -0.860. The third-order valence-corrected chi connectivity index (χ3v) is 1.99. The molecule has 4 N–H and O–H groups in total. The molecule has 1 unspecified atom stereocenters. The molecule has 2 nitrogen and oxygen atoms in total. The van der Waals surface area contributed by atoms with Crippen LogP contribution >= 0.6 is 0 Å². The van der Waals surface area contributed by atoms with Crippen molar-refractivity contribution in [3.05, 3.63) is 41.8 Å². The third kappa shape index (κ3) is 1.84. The molecule has 1 aromatic carbocycles. The molecule has 0 fully saturated rings. The minimum absolute atomic E-state index is 0.00440. The Labute approximate surface area is 73.6 Å². The molecule has 0 saturated heterocycles. The van der Waals surface area contributed by atoms with Crippen molar-refractivity contribution < 1.29 is 0 Å². The Kier molecular flexibility index (Phi) is 3.26. The fraction of sp³-hybridized carbons (Fsp3) is 0.300. The molecule has 1 radical (unpaired) electrons. The second kappa shape index (κ2) is 4.24. The molecule has 0 spiro atoms. The van der Waals surface area contributed by atoms with Crippen LogP contribution in [0.1, 0.15) is 24.1 Å². The van der Waals surface area contributed by atoms with Gasteiger partial charge in [-0.3, -0.25) is 0 Å². The summed E-state index contributed by atoms with van der Waals surface area (Å²) in [4.78, 5) is 0. The van der Waals surface area contributed by atoms with E-state index in [0.717, 1.165) is 11.1 Å². The molecular formula is C10H15N2. The lowest BCUT2D eigenvalue weighted by Crippen LogP contribution is -2.13. The zero-order valence-electron chi connectivity index (χ0n) is 7.33. The summed E-state index contributed by atoms with van der Waals surface area (Å²) in [5.41, 5.74) is 13.7. The summed E-state index contributed by atoms with van der Waals surface area (Å²) in [6.07, 6.45) is 1.97. The van der Waals surface area contributed by atoms with Gasteiger partial charge in [0.25, 0.3) is 0 Å². The Morgan fingerprint density at radius 3 is 2.67 bits per heavy atom. The smallest absolute Gasteiger partial charge is 0.0327 e. The summed E-state index contributed by atoms with van der Waals surface area (Å²) in [6.45, 7) is 2.51. The largest absolute Gasteiger partial charge is 0.326 e. The quantitative estimate of drug-likeness (QED) is 0.707. The van der Waals surface area contributed by atoms with Crippen LogP contribution in [0.2, 0.25) is 0 Å². The second-order valence-electron chi connectivity index (χ2n) is 2.76. The molecule has 0 aliphatic carbocycles. The molecule has 12 heavy (non-hydrogen) atoms. The average molecular weight is 163 g/mol. The van der Waals surface area contributed by atoms with Crippen molar-refractivity contribution in [2.24, 2.45) is 11.5 Å². The average Bonchev–Trinajstić information content (AvgIpc) is 2.16. The zero-order valence-corrected chi connectivity index (χ0v) is 7.33. The molecule has 1 aromatic rings. The molecule has 0 aliphatic rings. The van der Waals surface area contributed by atoms with E-state index < -0.39 is 0 Å². The molecule has 2 heteroatoms. The van der Waals surface area contributed by atoms with E-state index in [2.05, 4.69) is 0 Å². The van der Waals surface area contributed by atoms with Crippen molar-refractivity contribution in [3.8, 4) is 0 Å². The van der Waals surface area contributed by atoms with Gasteiger partial charge in [0.05, 0.1) is 0 Å². The van der Waals surface area contributed by atoms with Crippen LogP contribution in [-0.4, -0.2) is 0 Å². The summed E-state index contributed by atoms with van der Waals surface area (Å²) in [7, 11) is 0. The molecule has 0 bridgehead atoms. The van der Waals surface area contributed by atoms with Crippen LogP contribution in [0.25, 0.3) is 0 Å². The zero-order chi connectivity index (χ0) is 8.97. The predicted molar refractivity (Wildman–Crippen MR) is 51.2 cm³/mol. The lowest BCUT2D eigenvalue weighted by atomic mass is 9.99. The SMILES string of the molecule is C[CH]C(N)c1ccccc1CN. The van der Waals surface area contributed by atoms with Crippen molar-refractivity contribution in [2.75, 3.05) is 0 Å². The number of hydrogen-bond donors (Lipinski definition) is 2. The Morgan fingerprint density at radius 2 is 2.08 bits per heavy atom. The van der Waals surface area contributed by atoms with Gasteiger partial charge in [0.1, 0.15) is 0 Å². The monoisotopic (exact) mass is 163 g/mol. The summed E-state index contributed by atoms with van der Waals surface area (Å²) in [5.74, 6) is 0. The first-order valence-electron chi connectivity index (χ1n) is 4.12. The molecule has 1 rings (SSSR count). The lowest BCUT2D eigenvalue weighted by molar-refractivity contribution is 0.818. The third-order valence-electron chi connectivity index (χ3n) is 1.99. The Morgan fingerprint density at radius 1 is 1.42 bits per heavy atom. The Bertz CT molecular complexity index is 245. The standard InChI is InChI=1S/C10H15N2/c1-2-10(12)9-6-4-3-5-8(9)7-11/h2-6,10H,7,11-12H2,1H3. The van der Waals surface area contributed by atoms with Crippen molar-refractivity contribution in [2.45, 2.75) is 19.5 Å². The topological polar surface area (TPSA) is 52.0 Å². The predicted octanol–water partition coefficient (Wildman–Crippen LogP) is 1.37. The normalized spacial score (nSPS) is 12.9. The molecule has 65 valence electrons. The van der Waals surface area contributed by atoms with Gasteiger partial charge in [-0.15, -0.1) is 0 Å². The minimum Gasteiger partial charge on any atom is -0.326 e. The van der Waals surface area contributed by atoms with E-state index in [1.165, 1.54) is 0 Å². The van der Waals surface area contributed by atoms with Gasteiger partial charge in [0.15, 0.2) is 0 Å². The number of rotatable bonds is 3. The van der Waals surface area contributed by atoms with Gasteiger partial charge >= 0.3 is 0 Å². The van der Waals surface area contributed by atoms with E-state index in [0.29, 0.717) is 6.54 Å². The van der Waals surface area contributed by atoms with Crippen LogP contribution < -0.4 is 11.5 Å². The fourth-order valence-corrected chi connectivity index (χ4v) is 1.22. The van der Waals surface area contributed by atoms with E-state index in [1.54, 1.807) is 0 Å². The van der Waals surface area contributed by atoms with Gasteiger partial charge in [-0.25, -0.2) is 0 Å². The summed E-state index contributed by atoms with van der Waals surface area (Å²) < 4.78 is 0. The lowest BCUT2D eigenvalue weighted by Gasteiger charge is -2.12. The highest BCUT2D eigenvalue weighted by Gasteiger charge is 2.06. The maximum atomic E-state index is 5.86. The highest BCUT2D eigenvalue weighted by atomic mass is 14.6. The summed E-state index contributed by atoms with van der Waals surface area (Å²) >= 11 is 0. The van der Waals surface area contributed by atoms with E-state index in [1.807, 2.05) is 37.6 Å². The van der Waals surface area contributed by atoms with Crippen LogP contribution in [0.15, 0.2) is 24.3 Å². The highest BCUT2D eigenvalue weighted by molar-refractivity contribution is 5.30. The first-order chi connectivity index (χ1) is 5.79. The molecule has 0 heterocycles. The molecule has 0 amide bonds. The van der Waals surface area contributed by atoms with Gasteiger partial charge in [0.2, 0.25) is 0 Å². The Balaban J connectivity index is 2.96. The number of benzene rings is 1. The summed E-state index contributed by atoms with van der Waals surface area (Å²) in [6, 6.07) is 8.00. The first kappa shape index (κ1) is 9.23. The second-order valence-corrected chi connectivity index (χ2v) is 2.76. The maximum absolute atomic E-state index is 5.86. The number of nitrogens with two attached hydrogens (primary N) is 2. The maximum Gasteiger partial charge on any atom is 0.0327 e. The van der Waals surface area contributed by atoms with Crippen LogP contribution in [0.4, 0.5) is 0 Å². The van der Waals surface area contributed by atoms with Crippen molar-refractivity contribution in [3.63, 3.8) is 0 Å². The van der Waals surface area contributed by atoms with Crippen molar-refractivity contribution >= 4 is 0 Å². The highest BCUT2D eigenvalue weighted by Crippen LogP contribution is 2.17. The van der Waals surface area contributed by atoms with Gasteiger partial charge in [-0.1, -0.05) is 31.2 Å². The summed E-state index contributed by atoms with van der Waals surface area (Å²) in [5, 5.41) is 0. The molecular weight excluding hydrogens is 148 g/mol. The molecule has 0 saturated carbocycles. The van der Waals surface area contributed by atoms with Gasteiger partial charge in [-0.2, -0.15) is 0 Å². The van der Waals surface area contributed by atoms with E-state index >= 15 is 0 Å². The molecule has 0 aromatic heterocycles. The minimum atomic E-state index is 0.00440. The van der Waals surface area contributed by atoms with E-state index in [4.69, 9.17) is 11.5 Å². The van der Waals surface area contributed by atoms with Gasteiger partial charge < -0.3 is 11.5 Å².